The van der Waals surface area contributed by atoms with Crippen molar-refractivity contribution in [1.82, 2.24) is 9.97 Å². The largest absolute Gasteiger partial charge is 0.497 e. The van der Waals surface area contributed by atoms with Crippen molar-refractivity contribution in [3.8, 4) is 11.5 Å². The van der Waals surface area contributed by atoms with Gasteiger partial charge in [-0.2, -0.15) is 0 Å². The van der Waals surface area contributed by atoms with E-state index in [4.69, 9.17) is 9.47 Å². The summed E-state index contributed by atoms with van der Waals surface area (Å²) >= 11 is 0. The predicted octanol–water partition coefficient (Wildman–Crippen LogP) is 2.61. The van der Waals surface area contributed by atoms with E-state index < -0.39 is 11.1 Å². The van der Waals surface area contributed by atoms with Crippen LogP contribution in [0.3, 0.4) is 0 Å². The van der Waals surface area contributed by atoms with Gasteiger partial charge in [0.15, 0.2) is 0 Å². The highest BCUT2D eigenvalue weighted by atomic mass is 16.5. The molecule has 0 fully saturated rings. The first-order chi connectivity index (χ1) is 16.0. The maximum absolute atomic E-state index is 12.5. The molecule has 172 valence electrons. The predicted molar refractivity (Wildman–Crippen MR) is 128 cm³/mol. The van der Waals surface area contributed by atoms with Crippen molar-refractivity contribution in [3.05, 3.63) is 91.1 Å². The van der Waals surface area contributed by atoms with Gasteiger partial charge in [-0.15, -0.1) is 0 Å². The number of hydrogen-bond donors (Lipinski definition) is 2. The van der Waals surface area contributed by atoms with Crippen LogP contribution < -0.4 is 31.3 Å². The Hall–Kier alpha value is -3.87. The lowest BCUT2D eigenvalue weighted by Gasteiger charge is -2.04. The summed E-state index contributed by atoms with van der Waals surface area (Å²) in [6.07, 6.45) is 7.61. The Balaban J connectivity index is 1.74. The number of carbonyl (C=O) groups excluding carboxylic acids is 1. The quantitative estimate of drug-likeness (QED) is 0.298. The summed E-state index contributed by atoms with van der Waals surface area (Å²) in [6.45, 7) is 2.12. The number of benzene rings is 2. The lowest BCUT2D eigenvalue weighted by molar-refractivity contribution is -0.134. The number of hydrogen-bond acceptors (Lipinski definition) is 5. The zero-order valence-corrected chi connectivity index (χ0v) is 18.9. The first-order valence-corrected chi connectivity index (χ1v) is 11.0. The smallest absolute Gasteiger partial charge is 0.311 e. The van der Waals surface area contributed by atoms with E-state index in [-0.39, 0.29) is 16.7 Å². The van der Waals surface area contributed by atoms with Crippen molar-refractivity contribution in [1.29, 1.82) is 0 Å². The summed E-state index contributed by atoms with van der Waals surface area (Å²) in [5, 5.41) is 0.288. The van der Waals surface area contributed by atoms with E-state index >= 15 is 0 Å². The molecule has 0 unspecified atom stereocenters. The molecule has 1 aromatic heterocycles. The van der Waals surface area contributed by atoms with E-state index in [1.54, 1.807) is 67.8 Å². The third-order valence-electron chi connectivity index (χ3n) is 5.07. The van der Waals surface area contributed by atoms with Crippen molar-refractivity contribution in [2.45, 2.75) is 39.0 Å². The summed E-state index contributed by atoms with van der Waals surface area (Å²) in [7, 11) is 1.58. The second-order valence-electron chi connectivity index (χ2n) is 7.65. The fourth-order valence-corrected chi connectivity index (χ4v) is 3.24. The molecule has 3 rings (SSSR count). The van der Waals surface area contributed by atoms with Gasteiger partial charge in [-0.05, 0) is 54.0 Å². The summed E-state index contributed by atoms with van der Waals surface area (Å²) in [6, 6.07) is 13.9. The van der Waals surface area contributed by atoms with E-state index in [1.807, 2.05) is 0 Å². The number of methoxy groups -OCH3 is 1. The van der Waals surface area contributed by atoms with Gasteiger partial charge in [0.2, 0.25) is 0 Å². The zero-order chi connectivity index (χ0) is 23.6. The summed E-state index contributed by atoms with van der Waals surface area (Å²) < 4.78 is 10.5. The highest BCUT2D eigenvalue weighted by Gasteiger charge is 2.05. The highest BCUT2D eigenvalue weighted by Crippen LogP contribution is 2.14. The van der Waals surface area contributed by atoms with Gasteiger partial charge in [-0.1, -0.05) is 50.5 Å². The molecular formula is C26H28N2O5. The van der Waals surface area contributed by atoms with Crippen LogP contribution in [0.1, 0.15) is 50.2 Å². The fourth-order valence-electron chi connectivity index (χ4n) is 3.24. The number of carbonyl (C=O) groups is 1. The van der Waals surface area contributed by atoms with Crippen LogP contribution in [0.4, 0.5) is 0 Å². The number of nitrogens with one attached hydrogen (secondary N) is 2. The SMILES string of the molecule is CCCCCCC(=O)Oc1ccc(C=c2[nH]c(=O)c(=Cc3ccc(OC)cc3)[nH]c2=O)cc1. The molecule has 0 spiro atoms. The zero-order valence-electron chi connectivity index (χ0n) is 18.9. The molecule has 0 amide bonds. The number of H-pyrrole nitrogens is 2. The monoisotopic (exact) mass is 448 g/mol. The third-order valence-corrected chi connectivity index (χ3v) is 5.07. The molecule has 0 aliphatic heterocycles. The Labute approximate surface area is 191 Å². The van der Waals surface area contributed by atoms with E-state index in [2.05, 4.69) is 16.9 Å². The second-order valence-corrected chi connectivity index (χ2v) is 7.65. The molecule has 2 aromatic carbocycles. The van der Waals surface area contributed by atoms with Crippen LogP contribution in [0.5, 0.6) is 11.5 Å². The minimum atomic E-state index is -0.419. The van der Waals surface area contributed by atoms with Gasteiger partial charge in [0.1, 0.15) is 22.2 Å². The van der Waals surface area contributed by atoms with Crippen LogP contribution in [-0.2, 0) is 4.79 Å². The van der Waals surface area contributed by atoms with Crippen molar-refractivity contribution < 1.29 is 14.3 Å². The van der Waals surface area contributed by atoms with Gasteiger partial charge in [-0.3, -0.25) is 14.4 Å². The molecule has 1 heterocycles. The Morgan fingerprint density at radius 2 is 1.30 bits per heavy atom. The maximum atomic E-state index is 12.5. The molecule has 2 N–H and O–H groups in total. The lowest BCUT2D eigenvalue weighted by Crippen LogP contribution is -2.46. The van der Waals surface area contributed by atoms with E-state index in [9.17, 15) is 14.4 Å². The normalized spacial score (nSPS) is 12.1. The number of rotatable bonds is 9. The van der Waals surface area contributed by atoms with Crippen LogP contribution in [0.25, 0.3) is 12.2 Å². The van der Waals surface area contributed by atoms with Crippen LogP contribution in [0.15, 0.2) is 58.1 Å². The van der Waals surface area contributed by atoms with Gasteiger partial charge in [0.05, 0.1) is 7.11 Å². The average molecular weight is 449 g/mol. The molecule has 0 aliphatic carbocycles. The summed E-state index contributed by atoms with van der Waals surface area (Å²) in [4.78, 5) is 42.1. The fraction of sp³-hybridized carbons (Fsp3) is 0.269. The van der Waals surface area contributed by atoms with Gasteiger partial charge < -0.3 is 19.4 Å². The highest BCUT2D eigenvalue weighted by molar-refractivity contribution is 5.72. The van der Waals surface area contributed by atoms with Crippen molar-refractivity contribution in [3.63, 3.8) is 0 Å². The molecule has 0 bridgehead atoms. The molecule has 0 saturated carbocycles. The van der Waals surface area contributed by atoms with E-state index in [0.29, 0.717) is 23.5 Å². The van der Waals surface area contributed by atoms with E-state index in [0.717, 1.165) is 31.2 Å². The molecular weight excluding hydrogens is 420 g/mol. The van der Waals surface area contributed by atoms with Crippen LogP contribution >= 0.6 is 0 Å². The molecule has 7 heteroatoms. The number of unbranched alkanes of at least 4 members (excludes halogenated alkanes) is 3. The Morgan fingerprint density at radius 1 is 0.788 bits per heavy atom. The Kier molecular flexibility index (Phi) is 8.41. The van der Waals surface area contributed by atoms with Crippen LogP contribution in [0.2, 0.25) is 0 Å². The lowest BCUT2D eigenvalue weighted by atomic mass is 10.1. The average Bonchev–Trinajstić information content (AvgIpc) is 2.82. The first kappa shape index (κ1) is 23.8. The minimum absolute atomic E-state index is 0.132. The molecule has 0 atom stereocenters. The minimum Gasteiger partial charge on any atom is -0.497 e. The van der Waals surface area contributed by atoms with Gasteiger partial charge in [0, 0.05) is 6.42 Å². The number of ether oxygens (including phenoxy) is 2. The topological polar surface area (TPSA) is 101 Å². The number of aromatic nitrogens is 2. The number of esters is 1. The third kappa shape index (κ3) is 7.07. The maximum Gasteiger partial charge on any atom is 0.311 e. The molecule has 0 saturated heterocycles. The molecule has 0 radical (unpaired) electrons. The number of aromatic amines is 2. The molecule has 3 aromatic rings. The summed E-state index contributed by atoms with van der Waals surface area (Å²) in [5.41, 5.74) is 0.609. The van der Waals surface area contributed by atoms with Gasteiger partial charge >= 0.3 is 5.97 Å². The first-order valence-electron chi connectivity index (χ1n) is 11.0. The molecule has 7 nitrogen and oxygen atoms in total. The van der Waals surface area contributed by atoms with Crippen molar-refractivity contribution in [2.75, 3.05) is 7.11 Å². The summed E-state index contributed by atoms with van der Waals surface area (Å²) in [5.74, 6) is 0.888. The molecule has 0 aliphatic rings. The standard InChI is InChI=1S/C26H28N2O5/c1-3-4-5-6-7-24(29)33-21-14-10-19(11-15-21)17-23-26(31)27-22(25(30)28-23)16-18-8-12-20(32-2)13-9-18/h8-17H,3-7H2,1-2H3,(H,27,31)(H,28,30). The van der Waals surface area contributed by atoms with Crippen molar-refractivity contribution >= 4 is 18.1 Å². The Morgan fingerprint density at radius 3 is 1.79 bits per heavy atom. The second kappa shape index (κ2) is 11.7. The van der Waals surface area contributed by atoms with Crippen LogP contribution in [-0.4, -0.2) is 23.0 Å². The van der Waals surface area contributed by atoms with Crippen LogP contribution in [0, 0.1) is 0 Å². The van der Waals surface area contributed by atoms with Crippen molar-refractivity contribution in [2.24, 2.45) is 0 Å². The van der Waals surface area contributed by atoms with E-state index in [1.165, 1.54) is 0 Å². The van der Waals surface area contributed by atoms with Gasteiger partial charge in [0.25, 0.3) is 11.1 Å². The van der Waals surface area contributed by atoms with Gasteiger partial charge in [-0.25, -0.2) is 0 Å². The molecule has 33 heavy (non-hydrogen) atoms. The Bertz CT molecular complexity index is 1300.